The lowest BCUT2D eigenvalue weighted by Gasteiger charge is -2.11. The largest absolute Gasteiger partial charge is 0.392 e. The van der Waals surface area contributed by atoms with E-state index in [0.717, 1.165) is 22.4 Å². The summed E-state index contributed by atoms with van der Waals surface area (Å²) in [5, 5.41) is 12.0. The van der Waals surface area contributed by atoms with E-state index in [9.17, 15) is 8.42 Å². The fraction of sp³-hybridized carbons (Fsp3) is 0.333. The van der Waals surface area contributed by atoms with Crippen LogP contribution in [-0.4, -0.2) is 18.8 Å². The van der Waals surface area contributed by atoms with Crippen LogP contribution in [0.15, 0.2) is 48.5 Å². The first kappa shape index (κ1) is 17.5. The highest BCUT2D eigenvalue weighted by atomic mass is 32.2. The summed E-state index contributed by atoms with van der Waals surface area (Å²) in [7, 11) is -3.09. The highest BCUT2D eigenvalue weighted by Crippen LogP contribution is 2.16. The van der Waals surface area contributed by atoms with Crippen LogP contribution >= 0.6 is 0 Å². The number of hydrogen-bond donors (Lipinski definition) is 2. The highest BCUT2D eigenvalue weighted by molar-refractivity contribution is 7.91. The molecule has 0 aromatic heterocycles. The van der Waals surface area contributed by atoms with Gasteiger partial charge < -0.3 is 10.4 Å². The number of rotatable bonds is 7. The zero-order valence-corrected chi connectivity index (χ0v) is 14.3. The lowest BCUT2D eigenvalue weighted by atomic mass is 10.1. The second-order valence-electron chi connectivity index (χ2n) is 5.88. The second kappa shape index (κ2) is 7.62. The molecule has 0 fully saturated rings. The van der Waals surface area contributed by atoms with Gasteiger partial charge in [0, 0.05) is 12.2 Å². The van der Waals surface area contributed by atoms with Crippen LogP contribution in [0.3, 0.4) is 0 Å². The van der Waals surface area contributed by atoms with E-state index >= 15 is 0 Å². The first-order valence-electron chi connectivity index (χ1n) is 7.64. The summed E-state index contributed by atoms with van der Waals surface area (Å²) >= 11 is 0. The molecule has 2 aromatic rings. The molecule has 0 saturated carbocycles. The smallest absolute Gasteiger partial charge is 0.156 e. The Labute approximate surface area is 138 Å². The molecule has 2 aromatic carbocycles. The summed E-state index contributed by atoms with van der Waals surface area (Å²) in [5.41, 5.74) is 3.67. The van der Waals surface area contributed by atoms with Gasteiger partial charge in [0.2, 0.25) is 0 Å². The number of anilines is 1. The molecule has 0 aliphatic carbocycles. The monoisotopic (exact) mass is 333 g/mol. The van der Waals surface area contributed by atoms with Gasteiger partial charge in [-0.05, 0) is 42.7 Å². The molecule has 0 aliphatic heterocycles. The lowest BCUT2D eigenvalue weighted by molar-refractivity contribution is 0.282. The predicted molar refractivity (Wildman–Crippen MR) is 93.9 cm³/mol. The lowest BCUT2D eigenvalue weighted by Crippen LogP contribution is -2.16. The Morgan fingerprint density at radius 3 is 2.26 bits per heavy atom. The van der Waals surface area contributed by atoms with Crippen molar-refractivity contribution in [2.75, 3.05) is 5.32 Å². The van der Waals surface area contributed by atoms with E-state index in [2.05, 4.69) is 5.32 Å². The van der Waals surface area contributed by atoms with Crippen molar-refractivity contribution in [1.82, 2.24) is 0 Å². The van der Waals surface area contributed by atoms with Gasteiger partial charge in [-0.2, -0.15) is 0 Å². The molecule has 0 amide bonds. The normalized spacial score (nSPS) is 11.7. The Bertz CT molecular complexity index is 737. The molecule has 5 heteroatoms. The molecule has 2 rings (SSSR count). The van der Waals surface area contributed by atoms with Gasteiger partial charge in [-0.1, -0.05) is 36.4 Å². The van der Waals surface area contributed by atoms with Crippen molar-refractivity contribution in [2.45, 2.75) is 38.0 Å². The Kier molecular flexibility index (Phi) is 5.80. The molecule has 4 nitrogen and oxygen atoms in total. The van der Waals surface area contributed by atoms with Gasteiger partial charge in [-0.3, -0.25) is 0 Å². The third-order valence-corrected chi connectivity index (χ3v) is 5.89. The van der Waals surface area contributed by atoms with E-state index < -0.39 is 9.84 Å². The average molecular weight is 333 g/mol. The van der Waals surface area contributed by atoms with Crippen LogP contribution in [0.2, 0.25) is 0 Å². The van der Waals surface area contributed by atoms with Crippen molar-refractivity contribution in [3.8, 4) is 0 Å². The summed E-state index contributed by atoms with van der Waals surface area (Å²) in [6, 6.07) is 15.2. The van der Waals surface area contributed by atoms with E-state index in [-0.39, 0.29) is 17.6 Å². The zero-order valence-electron chi connectivity index (χ0n) is 13.5. The minimum atomic E-state index is -3.09. The van der Waals surface area contributed by atoms with E-state index in [4.69, 9.17) is 5.11 Å². The molecular weight excluding hydrogens is 310 g/mol. The second-order valence-corrected chi connectivity index (χ2v) is 8.44. The van der Waals surface area contributed by atoms with Crippen LogP contribution in [0.4, 0.5) is 5.69 Å². The van der Waals surface area contributed by atoms with Gasteiger partial charge in [0.15, 0.2) is 9.84 Å². The van der Waals surface area contributed by atoms with Crippen LogP contribution in [-0.2, 0) is 28.7 Å². The molecule has 124 valence electrons. The number of nitrogens with one attached hydrogen (secondary N) is 1. The third-order valence-electron chi connectivity index (χ3n) is 3.72. The molecular formula is C18H23NO3S. The SMILES string of the molecule is CC(C)S(=O)(=O)Cc1cccc(NCc2ccc(CO)cc2)c1. The average Bonchev–Trinajstić information content (AvgIpc) is 2.53. The number of aliphatic hydroxyl groups is 1. The topological polar surface area (TPSA) is 66.4 Å². The van der Waals surface area contributed by atoms with Crippen molar-refractivity contribution < 1.29 is 13.5 Å². The molecule has 2 N–H and O–H groups in total. The Hall–Kier alpha value is -1.85. The van der Waals surface area contributed by atoms with Crippen LogP contribution in [0, 0.1) is 0 Å². The highest BCUT2D eigenvalue weighted by Gasteiger charge is 2.16. The Balaban J connectivity index is 2.02. The fourth-order valence-corrected chi connectivity index (χ4v) is 3.11. The van der Waals surface area contributed by atoms with E-state index in [0.29, 0.717) is 6.54 Å². The van der Waals surface area contributed by atoms with Crippen LogP contribution in [0.1, 0.15) is 30.5 Å². The molecule has 0 saturated heterocycles. The maximum absolute atomic E-state index is 12.0. The van der Waals surface area contributed by atoms with E-state index in [1.54, 1.807) is 13.8 Å². The van der Waals surface area contributed by atoms with Gasteiger partial charge in [-0.15, -0.1) is 0 Å². The van der Waals surface area contributed by atoms with Crippen molar-refractivity contribution in [3.05, 3.63) is 65.2 Å². The molecule has 0 heterocycles. The van der Waals surface area contributed by atoms with E-state index in [1.165, 1.54) is 0 Å². The molecule has 0 unspecified atom stereocenters. The molecule has 0 bridgehead atoms. The summed E-state index contributed by atoms with van der Waals surface area (Å²) < 4.78 is 24.0. The van der Waals surface area contributed by atoms with Gasteiger partial charge in [-0.25, -0.2) is 8.42 Å². The first-order chi connectivity index (χ1) is 10.9. The van der Waals surface area contributed by atoms with Crippen LogP contribution < -0.4 is 5.32 Å². The van der Waals surface area contributed by atoms with Gasteiger partial charge >= 0.3 is 0 Å². The number of benzene rings is 2. The molecule has 0 radical (unpaired) electrons. The first-order valence-corrected chi connectivity index (χ1v) is 9.35. The molecule has 0 spiro atoms. The number of hydrogen-bond acceptors (Lipinski definition) is 4. The summed E-state index contributed by atoms with van der Waals surface area (Å²) in [4.78, 5) is 0. The fourth-order valence-electron chi connectivity index (χ4n) is 2.14. The van der Waals surface area contributed by atoms with Gasteiger partial charge in [0.1, 0.15) is 0 Å². The third kappa shape index (κ3) is 5.08. The minimum absolute atomic E-state index is 0.0417. The molecule has 23 heavy (non-hydrogen) atoms. The summed E-state index contributed by atoms with van der Waals surface area (Å²) in [6.45, 7) is 4.09. The van der Waals surface area contributed by atoms with Gasteiger partial charge in [0.25, 0.3) is 0 Å². The van der Waals surface area contributed by atoms with Crippen molar-refractivity contribution in [1.29, 1.82) is 0 Å². The van der Waals surface area contributed by atoms with E-state index in [1.807, 2.05) is 48.5 Å². The maximum Gasteiger partial charge on any atom is 0.156 e. The number of aliphatic hydroxyl groups excluding tert-OH is 1. The standard InChI is InChI=1S/C18H23NO3S/c1-14(2)23(21,22)13-17-4-3-5-18(10-17)19-11-15-6-8-16(12-20)9-7-15/h3-10,14,19-20H,11-13H2,1-2H3. The summed E-state index contributed by atoms with van der Waals surface area (Å²) in [5.74, 6) is 0.0609. The van der Waals surface area contributed by atoms with Crippen LogP contribution in [0.25, 0.3) is 0 Å². The Morgan fingerprint density at radius 2 is 1.65 bits per heavy atom. The molecule has 0 atom stereocenters. The van der Waals surface area contributed by atoms with Gasteiger partial charge in [0.05, 0.1) is 17.6 Å². The van der Waals surface area contributed by atoms with Crippen LogP contribution in [0.5, 0.6) is 0 Å². The van der Waals surface area contributed by atoms with Crippen molar-refractivity contribution >= 4 is 15.5 Å². The van der Waals surface area contributed by atoms with Crippen molar-refractivity contribution in [2.24, 2.45) is 0 Å². The zero-order chi connectivity index (χ0) is 16.9. The minimum Gasteiger partial charge on any atom is -0.392 e. The number of sulfone groups is 1. The maximum atomic E-state index is 12.0. The Morgan fingerprint density at radius 1 is 1.00 bits per heavy atom. The van der Waals surface area contributed by atoms with Crippen molar-refractivity contribution in [3.63, 3.8) is 0 Å². The quantitative estimate of drug-likeness (QED) is 0.817. The summed E-state index contributed by atoms with van der Waals surface area (Å²) in [6.07, 6.45) is 0. The molecule has 0 aliphatic rings. The predicted octanol–water partition coefficient (Wildman–Crippen LogP) is 3.11.